The number of likely N-dealkylation sites (N-methyl/N-ethyl adjacent to an activating group) is 1. The number of nitrogens with zero attached hydrogens (tertiary/aromatic N) is 6. The Labute approximate surface area is 225 Å². The van der Waals surface area contributed by atoms with E-state index in [1.165, 1.54) is 22.4 Å². The normalized spacial score (nSPS) is 15.1. The summed E-state index contributed by atoms with van der Waals surface area (Å²) in [7, 11) is 2.03. The topological polar surface area (TPSA) is 121 Å². The average Bonchev–Trinajstić information content (AvgIpc) is 3.29. The first-order valence-electron chi connectivity index (χ1n) is 12.4. The van der Waals surface area contributed by atoms with Crippen LogP contribution in [0, 0.1) is 0 Å². The molecule has 1 aliphatic rings. The van der Waals surface area contributed by atoms with E-state index in [-0.39, 0.29) is 29.4 Å². The van der Waals surface area contributed by atoms with Gasteiger partial charge in [0.15, 0.2) is 11.4 Å². The van der Waals surface area contributed by atoms with Gasteiger partial charge < -0.3 is 15.0 Å². The zero-order chi connectivity index (χ0) is 28.4. The third kappa shape index (κ3) is 5.90. The van der Waals surface area contributed by atoms with E-state index in [1.54, 1.807) is 24.3 Å². The summed E-state index contributed by atoms with van der Waals surface area (Å²) in [6, 6.07) is 7.57. The van der Waals surface area contributed by atoms with Crippen molar-refractivity contribution in [1.82, 2.24) is 35.0 Å². The second-order valence-electron chi connectivity index (χ2n) is 9.38. The van der Waals surface area contributed by atoms with Crippen molar-refractivity contribution in [3.63, 3.8) is 0 Å². The van der Waals surface area contributed by atoms with Crippen LogP contribution in [0.4, 0.5) is 29.2 Å². The lowest BCUT2D eigenvalue weighted by Crippen LogP contribution is -2.43. The van der Waals surface area contributed by atoms with Gasteiger partial charge in [0.1, 0.15) is 12.2 Å². The standard InChI is InChI=1S/C25H26F4N8O3/c1-35-8-10-36(11-9-35)14-15-2-5-19(40-25(27,28)29)18(12-15)31-24-30-13-16-3-4-17-21(23(38)34-39)33-37(7-6-26)22(17)20(16)32-24/h2-5,12-13,39H,6-11,14H2,1H3,(H,34,38)(H,30,31,32). The molecule has 0 radical (unpaired) electrons. The first kappa shape index (κ1) is 27.5. The molecule has 1 fully saturated rings. The van der Waals surface area contributed by atoms with E-state index in [0.717, 1.165) is 31.7 Å². The van der Waals surface area contributed by atoms with Gasteiger partial charge in [-0.25, -0.2) is 19.8 Å². The highest BCUT2D eigenvalue weighted by atomic mass is 19.4. The van der Waals surface area contributed by atoms with Gasteiger partial charge in [-0.3, -0.25) is 19.6 Å². The summed E-state index contributed by atoms with van der Waals surface area (Å²) >= 11 is 0. The minimum atomic E-state index is -4.92. The molecule has 1 amide bonds. The third-order valence-electron chi connectivity index (χ3n) is 6.59. The van der Waals surface area contributed by atoms with Crippen LogP contribution in [0.15, 0.2) is 36.5 Å². The van der Waals surface area contributed by atoms with Gasteiger partial charge in [-0.15, -0.1) is 13.2 Å². The van der Waals surface area contributed by atoms with Gasteiger partial charge in [-0.1, -0.05) is 12.1 Å². The predicted molar refractivity (Wildman–Crippen MR) is 137 cm³/mol. The van der Waals surface area contributed by atoms with E-state index in [1.807, 2.05) is 7.05 Å². The van der Waals surface area contributed by atoms with Crippen LogP contribution < -0.4 is 15.5 Å². The molecule has 11 nitrogen and oxygen atoms in total. The number of anilines is 2. The Hall–Kier alpha value is -4.08. The Morgan fingerprint density at radius 3 is 2.62 bits per heavy atom. The van der Waals surface area contributed by atoms with Crippen LogP contribution in [0.2, 0.25) is 0 Å². The number of halogens is 4. The van der Waals surface area contributed by atoms with Gasteiger partial charge in [-0.2, -0.15) is 5.10 Å². The van der Waals surface area contributed by atoms with Crippen LogP contribution in [0.25, 0.3) is 21.8 Å². The molecule has 2 aromatic carbocycles. The molecule has 3 heterocycles. The molecule has 0 aliphatic carbocycles. The maximum absolute atomic E-state index is 13.3. The second-order valence-corrected chi connectivity index (χ2v) is 9.38. The van der Waals surface area contributed by atoms with E-state index in [2.05, 4.69) is 34.9 Å². The molecule has 0 bridgehead atoms. The molecule has 1 saturated heterocycles. The first-order chi connectivity index (χ1) is 19.1. The molecular weight excluding hydrogens is 536 g/mol. The third-order valence-corrected chi connectivity index (χ3v) is 6.59. The Kier molecular flexibility index (Phi) is 7.69. The number of aryl methyl sites for hydroxylation is 1. The van der Waals surface area contributed by atoms with Crippen molar-refractivity contribution in [2.24, 2.45) is 0 Å². The van der Waals surface area contributed by atoms with Crippen molar-refractivity contribution in [2.75, 3.05) is 45.2 Å². The zero-order valence-electron chi connectivity index (χ0n) is 21.4. The van der Waals surface area contributed by atoms with Gasteiger partial charge in [0.05, 0.1) is 17.7 Å². The van der Waals surface area contributed by atoms with Gasteiger partial charge in [0.25, 0.3) is 5.91 Å². The van der Waals surface area contributed by atoms with Crippen LogP contribution >= 0.6 is 0 Å². The Morgan fingerprint density at radius 1 is 1.15 bits per heavy atom. The number of hydroxylamine groups is 1. The fourth-order valence-corrected chi connectivity index (χ4v) is 4.65. The van der Waals surface area contributed by atoms with Crippen molar-refractivity contribution >= 4 is 39.3 Å². The van der Waals surface area contributed by atoms with Crippen LogP contribution in [-0.2, 0) is 13.1 Å². The summed E-state index contributed by atoms with van der Waals surface area (Å²) in [6.45, 7) is 2.98. The molecule has 0 spiro atoms. The van der Waals surface area contributed by atoms with Crippen LogP contribution in [0.1, 0.15) is 16.1 Å². The summed E-state index contributed by atoms with van der Waals surface area (Å²) in [5.41, 5.74) is 2.73. The molecule has 0 atom stereocenters. The fraction of sp³-hybridized carbons (Fsp3) is 0.360. The molecular formula is C25H26F4N8O3. The number of carbonyl (C=O) groups is 1. The Bertz CT molecular complexity index is 1540. The number of hydrogen-bond donors (Lipinski definition) is 3. The maximum atomic E-state index is 13.3. The Balaban J connectivity index is 1.54. The summed E-state index contributed by atoms with van der Waals surface area (Å²) < 4.78 is 58.3. The minimum absolute atomic E-state index is 0.00749. The highest BCUT2D eigenvalue weighted by Crippen LogP contribution is 2.34. The zero-order valence-corrected chi connectivity index (χ0v) is 21.4. The highest BCUT2D eigenvalue weighted by Gasteiger charge is 2.32. The molecule has 0 saturated carbocycles. The Morgan fingerprint density at radius 2 is 1.93 bits per heavy atom. The van der Waals surface area contributed by atoms with Crippen molar-refractivity contribution in [3.8, 4) is 5.75 Å². The number of amides is 1. The summed E-state index contributed by atoms with van der Waals surface area (Å²) in [4.78, 5) is 25.3. The van der Waals surface area contributed by atoms with E-state index < -0.39 is 24.7 Å². The van der Waals surface area contributed by atoms with Gasteiger partial charge in [-0.05, 0) is 30.8 Å². The fourth-order valence-electron chi connectivity index (χ4n) is 4.65. The number of aromatic nitrogens is 4. The minimum Gasteiger partial charge on any atom is -0.404 e. The van der Waals surface area contributed by atoms with Crippen molar-refractivity contribution < 1.29 is 32.3 Å². The average molecular weight is 563 g/mol. The molecule has 5 rings (SSSR count). The van der Waals surface area contributed by atoms with Crippen molar-refractivity contribution in [3.05, 3.63) is 47.8 Å². The van der Waals surface area contributed by atoms with Gasteiger partial charge in [0.2, 0.25) is 5.95 Å². The molecule has 2 aromatic heterocycles. The predicted octanol–water partition coefficient (Wildman–Crippen LogP) is 3.46. The van der Waals surface area contributed by atoms with E-state index in [0.29, 0.717) is 22.8 Å². The number of ether oxygens (including phenoxy) is 1. The second kappa shape index (κ2) is 11.2. The lowest BCUT2D eigenvalue weighted by atomic mass is 10.1. The summed E-state index contributed by atoms with van der Waals surface area (Å²) in [5.74, 6) is -1.40. The van der Waals surface area contributed by atoms with Crippen molar-refractivity contribution in [1.29, 1.82) is 0 Å². The number of carbonyl (C=O) groups excluding carboxylic acids is 1. The lowest BCUT2D eigenvalue weighted by molar-refractivity contribution is -0.274. The van der Waals surface area contributed by atoms with E-state index in [4.69, 9.17) is 5.21 Å². The van der Waals surface area contributed by atoms with Crippen LogP contribution in [0.3, 0.4) is 0 Å². The van der Waals surface area contributed by atoms with Crippen molar-refractivity contribution in [2.45, 2.75) is 19.5 Å². The van der Waals surface area contributed by atoms with E-state index in [9.17, 15) is 22.4 Å². The molecule has 4 aromatic rings. The maximum Gasteiger partial charge on any atom is 0.573 e. The van der Waals surface area contributed by atoms with Crippen LogP contribution in [0.5, 0.6) is 5.75 Å². The first-order valence-corrected chi connectivity index (χ1v) is 12.4. The number of nitrogens with one attached hydrogen (secondary N) is 2. The van der Waals surface area contributed by atoms with E-state index >= 15 is 0 Å². The SMILES string of the molecule is CN1CCN(Cc2ccc(OC(F)(F)F)c(Nc3ncc4ccc5c(C(=O)NO)nn(CCF)c5c4n3)c2)CC1. The number of benzene rings is 2. The number of rotatable bonds is 8. The van der Waals surface area contributed by atoms with Crippen LogP contribution in [-0.4, -0.2) is 86.9 Å². The molecule has 40 heavy (non-hydrogen) atoms. The molecule has 3 N–H and O–H groups in total. The number of alkyl halides is 4. The lowest BCUT2D eigenvalue weighted by Gasteiger charge is -2.32. The smallest absolute Gasteiger partial charge is 0.404 e. The number of piperazine rings is 1. The molecule has 212 valence electrons. The van der Waals surface area contributed by atoms with Gasteiger partial charge in [0, 0.05) is 49.7 Å². The monoisotopic (exact) mass is 562 g/mol. The largest absolute Gasteiger partial charge is 0.573 e. The number of fused-ring (bicyclic) bond motifs is 3. The molecule has 0 unspecified atom stereocenters. The van der Waals surface area contributed by atoms with Gasteiger partial charge >= 0.3 is 6.36 Å². The summed E-state index contributed by atoms with van der Waals surface area (Å²) in [6.07, 6.45) is -3.48. The number of hydrogen-bond acceptors (Lipinski definition) is 9. The summed E-state index contributed by atoms with van der Waals surface area (Å²) in [5, 5.41) is 16.9. The molecule has 15 heteroatoms. The highest BCUT2D eigenvalue weighted by molar-refractivity contribution is 6.11. The molecule has 1 aliphatic heterocycles. The quantitative estimate of drug-likeness (QED) is 0.168.